The maximum absolute atomic E-state index is 12.1. The molecule has 6 atom stereocenters. The van der Waals surface area contributed by atoms with Crippen LogP contribution in [0.15, 0.2) is 0 Å². The van der Waals surface area contributed by atoms with Crippen molar-refractivity contribution in [2.45, 2.75) is 62.9 Å². The summed E-state index contributed by atoms with van der Waals surface area (Å²) >= 11 is 0. The molecule has 6 N–H and O–H groups in total. The molecular weight excluding hydrogens is 326 g/mol. The van der Waals surface area contributed by atoms with Crippen LogP contribution in [-0.4, -0.2) is 78.8 Å². The highest BCUT2D eigenvalue weighted by Crippen LogP contribution is 2.46. The van der Waals surface area contributed by atoms with Crippen molar-refractivity contribution >= 4 is 23.1 Å². The lowest BCUT2D eigenvalue weighted by Gasteiger charge is -2.57. The number of Topliss-reactive ketones (excluding diaryl/α,β-unsaturated/α-hetero) is 4. The van der Waals surface area contributed by atoms with E-state index in [1.807, 2.05) is 0 Å². The Labute approximate surface area is 137 Å². The van der Waals surface area contributed by atoms with Gasteiger partial charge in [0.15, 0.2) is 28.7 Å². The lowest BCUT2D eigenvalue weighted by Crippen LogP contribution is -2.88. The minimum Gasteiger partial charge on any atom is -0.382 e. The van der Waals surface area contributed by atoms with Crippen molar-refractivity contribution in [1.82, 2.24) is 0 Å². The van der Waals surface area contributed by atoms with Crippen molar-refractivity contribution in [1.29, 1.82) is 0 Å². The van der Waals surface area contributed by atoms with Crippen LogP contribution in [0.1, 0.15) is 27.7 Å². The maximum Gasteiger partial charge on any atom is 0.201 e. The van der Waals surface area contributed by atoms with Gasteiger partial charge in [0, 0.05) is 0 Å². The number of ether oxygens (including phenoxy) is 1. The van der Waals surface area contributed by atoms with Gasteiger partial charge in [0.2, 0.25) is 11.2 Å². The third-order valence-electron chi connectivity index (χ3n) is 4.51. The summed E-state index contributed by atoms with van der Waals surface area (Å²) in [5.41, 5.74) is -4.41. The average molecular weight is 347 g/mol. The molecule has 1 saturated heterocycles. The van der Waals surface area contributed by atoms with E-state index in [0.717, 1.165) is 20.8 Å². The number of nitrogens with two attached hydrogens (primary N) is 1. The molecule has 0 aromatic rings. The lowest BCUT2D eigenvalue weighted by atomic mass is 9.60. The maximum atomic E-state index is 12.1. The number of carbonyl (C=O) groups excluding carboxylic acids is 4. The Bertz CT molecular complexity index is 605. The molecule has 1 aliphatic rings. The zero-order chi connectivity index (χ0) is 19.2. The van der Waals surface area contributed by atoms with Crippen LogP contribution in [0, 0.1) is 0 Å². The van der Waals surface area contributed by atoms with Crippen molar-refractivity contribution < 1.29 is 44.3 Å². The quantitative estimate of drug-likeness (QED) is 0.335. The molecule has 1 rings (SSSR count). The fourth-order valence-corrected chi connectivity index (χ4v) is 3.02. The number of ketones is 4. The monoisotopic (exact) mass is 347 g/mol. The second-order valence-corrected chi connectivity index (χ2v) is 5.94. The predicted molar refractivity (Wildman–Crippen MR) is 76.4 cm³/mol. The third kappa shape index (κ3) is 2.26. The summed E-state index contributed by atoms with van der Waals surface area (Å²) in [7, 11) is 0. The van der Waals surface area contributed by atoms with E-state index in [0.29, 0.717) is 6.92 Å². The number of rotatable bonds is 5. The van der Waals surface area contributed by atoms with E-state index in [-0.39, 0.29) is 0 Å². The zero-order valence-corrected chi connectivity index (χ0v) is 13.6. The first kappa shape index (κ1) is 20.5. The van der Waals surface area contributed by atoms with Gasteiger partial charge < -0.3 is 30.9 Å². The number of hydrogen-bond acceptors (Lipinski definition) is 10. The third-order valence-corrected chi connectivity index (χ3v) is 4.51. The van der Waals surface area contributed by atoms with Crippen LogP contribution >= 0.6 is 0 Å². The number of aliphatic hydroxyl groups is 4. The number of aliphatic hydroxyl groups excluding tert-OH is 1. The molecule has 0 spiro atoms. The van der Waals surface area contributed by atoms with Gasteiger partial charge in [-0.05, 0) is 27.7 Å². The SMILES string of the molecule is CC(=O)C(O)[C@H]1O[C@@H](N)[C@@](O)(C(C)=O)[C@](O)(C(C)=O)[C@@]1(O)C(C)=O. The molecular formula is C14H21NO9. The summed E-state index contributed by atoms with van der Waals surface area (Å²) in [5.74, 6) is -4.93. The molecule has 0 aliphatic carbocycles. The molecule has 0 amide bonds. The molecule has 0 saturated carbocycles. The summed E-state index contributed by atoms with van der Waals surface area (Å²) in [5, 5.41) is 42.1. The normalized spacial score (nSPS) is 40.7. The van der Waals surface area contributed by atoms with Crippen LogP contribution in [0.3, 0.4) is 0 Å². The minimum absolute atomic E-state index is 0.705. The Morgan fingerprint density at radius 1 is 0.917 bits per heavy atom. The summed E-state index contributed by atoms with van der Waals surface area (Å²) < 4.78 is 4.96. The van der Waals surface area contributed by atoms with Gasteiger partial charge in [-0.15, -0.1) is 0 Å². The van der Waals surface area contributed by atoms with E-state index in [4.69, 9.17) is 10.5 Å². The van der Waals surface area contributed by atoms with Gasteiger partial charge in [-0.3, -0.25) is 19.2 Å². The molecule has 0 aromatic heterocycles. The fourth-order valence-electron chi connectivity index (χ4n) is 3.02. The van der Waals surface area contributed by atoms with Crippen molar-refractivity contribution in [3.05, 3.63) is 0 Å². The minimum atomic E-state index is -3.45. The van der Waals surface area contributed by atoms with Gasteiger partial charge >= 0.3 is 0 Å². The van der Waals surface area contributed by atoms with Gasteiger partial charge in [-0.1, -0.05) is 0 Å². The number of carbonyl (C=O) groups is 4. The van der Waals surface area contributed by atoms with Crippen molar-refractivity contribution in [2.24, 2.45) is 5.73 Å². The van der Waals surface area contributed by atoms with Crippen LogP contribution in [0.5, 0.6) is 0 Å². The molecule has 1 unspecified atom stereocenters. The molecule has 0 aromatic carbocycles. The molecule has 0 radical (unpaired) electrons. The van der Waals surface area contributed by atoms with E-state index < -0.39 is 58.4 Å². The summed E-state index contributed by atoms with van der Waals surface area (Å²) in [4.78, 5) is 47.5. The second-order valence-electron chi connectivity index (χ2n) is 5.94. The molecule has 1 aliphatic heterocycles. The highest BCUT2D eigenvalue weighted by Gasteiger charge is 2.78. The van der Waals surface area contributed by atoms with Crippen molar-refractivity contribution in [3.63, 3.8) is 0 Å². The predicted octanol–water partition coefficient (Wildman–Crippen LogP) is -3.42. The van der Waals surface area contributed by atoms with Crippen LogP contribution in [0.4, 0.5) is 0 Å². The van der Waals surface area contributed by atoms with Gasteiger partial charge in [0.25, 0.3) is 0 Å². The molecule has 1 fully saturated rings. The molecule has 136 valence electrons. The Balaban J connectivity index is 3.86. The summed E-state index contributed by atoms with van der Waals surface area (Å²) in [6.07, 6.45) is -6.45. The largest absolute Gasteiger partial charge is 0.382 e. The van der Waals surface area contributed by atoms with Gasteiger partial charge in [0.1, 0.15) is 18.4 Å². The average Bonchev–Trinajstić information content (AvgIpc) is 2.46. The Kier molecular flexibility index (Phi) is 5.17. The smallest absolute Gasteiger partial charge is 0.201 e. The van der Waals surface area contributed by atoms with Crippen LogP contribution < -0.4 is 5.73 Å². The lowest BCUT2D eigenvalue weighted by molar-refractivity contribution is -0.326. The van der Waals surface area contributed by atoms with Crippen LogP contribution in [-0.2, 0) is 23.9 Å². The van der Waals surface area contributed by atoms with Crippen molar-refractivity contribution in [3.8, 4) is 0 Å². The summed E-state index contributed by atoms with van der Waals surface area (Å²) in [6.45, 7) is 3.10. The second kappa shape index (κ2) is 6.06. The molecule has 10 heteroatoms. The molecule has 24 heavy (non-hydrogen) atoms. The van der Waals surface area contributed by atoms with Gasteiger partial charge in [0.05, 0.1) is 0 Å². The topological polar surface area (TPSA) is 184 Å². The fraction of sp³-hybridized carbons (Fsp3) is 0.714. The number of hydrogen-bond donors (Lipinski definition) is 5. The van der Waals surface area contributed by atoms with Crippen LogP contribution in [0.2, 0.25) is 0 Å². The Morgan fingerprint density at radius 3 is 1.62 bits per heavy atom. The van der Waals surface area contributed by atoms with Gasteiger partial charge in [-0.25, -0.2) is 0 Å². The molecule has 0 bridgehead atoms. The molecule has 1 heterocycles. The van der Waals surface area contributed by atoms with Gasteiger partial charge in [-0.2, -0.15) is 0 Å². The van der Waals surface area contributed by atoms with E-state index in [1.165, 1.54) is 0 Å². The first-order chi connectivity index (χ1) is 10.7. The first-order valence-corrected chi connectivity index (χ1v) is 7.00. The van der Waals surface area contributed by atoms with Crippen LogP contribution in [0.25, 0.3) is 0 Å². The first-order valence-electron chi connectivity index (χ1n) is 7.00. The van der Waals surface area contributed by atoms with E-state index in [9.17, 15) is 39.6 Å². The van der Waals surface area contributed by atoms with Crippen molar-refractivity contribution in [2.75, 3.05) is 0 Å². The highest BCUT2D eigenvalue weighted by molar-refractivity contribution is 6.05. The highest BCUT2D eigenvalue weighted by atomic mass is 16.6. The molecule has 10 nitrogen and oxygen atoms in total. The van der Waals surface area contributed by atoms with E-state index in [2.05, 4.69) is 0 Å². The standard InChI is InChI=1S/C14H21NO9/c1-5(16)9(20)10-12(21,6(2)17)14(23,8(4)19)13(22,7(3)18)11(15)24-10/h9-11,20-23H,15H2,1-4H3/t9?,10-,11-,12-,13+,14+/m1/s1. The summed E-state index contributed by atoms with van der Waals surface area (Å²) in [6, 6.07) is 0. The zero-order valence-electron chi connectivity index (χ0n) is 13.6. The Hall–Kier alpha value is -1.56. The van der Waals surface area contributed by atoms with E-state index in [1.54, 1.807) is 0 Å². The Morgan fingerprint density at radius 2 is 1.33 bits per heavy atom. The van der Waals surface area contributed by atoms with E-state index >= 15 is 0 Å².